The number of hydrogen-bond donors (Lipinski definition) is 1. The van der Waals surface area contributed by atoms with E-state index < -0.39 is 5.54 Å². The van der Waals surface area contributed by atoms with Crippen LogP contribution in [0.2, 0.25) is 0 Å². The molecular weight excluding hydrogens is 280 g/mol. The Kier molecular flexibility index (Phi) is 2.83. The Morgan fingerprint density at radius 2 is 2.05 bits per heavy atom. The van der Waals surface area contributed by atoms with Crippen LogP contribution >= 0.6 is 0 Å². The van der Waals surface area contributed by atoms with Gasteiger partial charge in [0, 0.05) is 31.2 Å². The molecule has 7 nitrogen and oxygen atoms in total. The highest BCUT2D eigenvalue weighted by molar-refractivity contribution is 5.76. The van der Waals surface area contributed by atoms with Crippen LogP contribution in [0.3, 0.4) is 0 Å². The highest BCUT2D eigenvalue weighted by atomic mass is 16.5. The Morgan fingerprint density at radius 3 is 2.73 bits per heavy atom. The van der Waals surface area contributed by atoms with Gasteiger partial charge in [0.1, 0.15) is 5.69 Å². The number of nitrogens with two attached hydrogens (primary N) is 1. The fourth-order valence-corrected chi connectivity index (χ4v) is 2.68. The monoisotopic (exact) mass is 296 g/mol. The lowest BCUT2D eigenvalue weighted by Crippen LogP contribution is -2.44. The molecule has 1 fully saturated rings. The van der Waals surface area contributed by atoms with Crippen molar-refractivity contribution in [1.82, 2.24) is 24.9 Å². The van der Waals surface area contributed by atoms with Crippen LogP contribution in [-0.2, 0) is 12.6 Å². The summed E-state index contributed by atoms with van der Waals surface area (Å²) in [6.07, 6.45) is 8.24. The summed E-state index contributed by atoms with van der Waals surface area (Å²) in [7, 11) is 1.86. The largest absolute Gasteiger partial charge is 0.334 e. The van der Waals surface area contributed by atoms with Crippen molar-refractivity contribution in [2.75, 3.05) is 0 Å². The SMILES string of the molecule is Cn1cc(-c2nc(C3(N)CCC3)no2)c(-c2ccncc2)n1. The summed E-state index contributed by atoms with van der Waals surface area (Å²) in [5.41, 5.74) is 8.37. The third kappa shape index (κ3) is 2.01. The average Bonchev–Trinajstić information content (AvgIpc) is 3.12. The Labute approximate surface area is 127 Å². The van der Waals surface area contributed by atoms with E-state index >= 15 is 0 Å². The van der Waals surface area contributed by atoms with Crippen molar-refractivity contribution in [3.63, 3.8) is 0 Å². The minimum atomic E-state index is -0.430. The second-order valence-electron chi connectivity index (χ2n) is 5.73. The normalized spacial score (nSPS) is 16.5. The summed E-state index contributed by atoms with van der Waals surface area (Å²) >= 11 is 0. The predicted molar refractivity (Wildman–Crippen MR) is 79.4 cm³/mol. The van der Waals surface area contributed by atoms with Crippen molar-refractivity contribution in [3.05, 3.63) is 36.5 Å². The van der Waals surface area contributed by atoms with Gasteiger partial charge in [-0.2, -0.15) is 10.1 Å². The van der Waals surface area contributed by atoms with Gasteiger partial charge >= 0.3 is 0 Å². The van der Waals surface area contributed by atoms with Gasteiger partial charge in [0.25, 0.3) is 5.89 Å². The standard InChI is InChI=1S/C15H16N6O/c1-21-9-11(12(19-21)10-3-7-17-8-4-10)13-18-14(20-22-13)15(16)5-2-6-15/h3-4,7-9H,2,5-6,16H2,1H3. The average molecular weight is 296 g/mol. The third-order valence-electron chi connectivity index (χ3n) is 4.13. The molecule has 0 saturated heterocycles. The third-order valence-corrected chi connectivity index (χ3v) is 4.13. The van der Waals surface area contributed by atoms with Crippen molar-refractivity contribution >= 4 is 0 Å². The van der Waals surface area contributed by atoms with E-state index in [9.17, 15) is 0 Å². The van der Waals surface area contributed by atoms with Crippen molar-refractivity contribution in [2.24, 2.45) is 12.8 Å². The van der Waals surface area contributed by atoms with Crippen molar-refractivity contribution < 1.29 is 4.52 Å². The molecule has 3 aromatic heterocycles. The first kappa shape index (κ1) is 13.1. The van der Waals surface area contributed by atoms with Gasteiger partial charge in [-0.25, -0.2) is 0 Å². The highest BCUT2D eigenvalue weighted by Gasteiger charge is 2.39. The number of rotatable bonds is 3. The smallest absolute Gasteiger partial charge is 0.261 e. The molecule has 4 rings (SSSR count). The number of nitrogens with zero attached hydrogens (tertiary/aromatic N) is 5. The van der Waals surface area contributed by atoms with Crippen LogP contribution in [0, 0.1) is 0 Å². The van der Waals surface area contributed by atoms with Crippen molar-refractivity contribution in [1.29, 1.82) is 0 Å². The first-order valence-electron chi connectivity index (χ1n) is 7.23. The van der Waals surface area contributed by atoms with Crippen LogP contribution in [-0.4, -0.2) is 24.9 Å². The summed E-state index contributed by atoms with van der Waals surface area (Å²) in [6, 6.07) is 3.80. The van der Waals surface area contributed by atoms with E-state index in [1.165, 1.54) is 0 Å². The number of aromatic nitrogens is 5. The van der Waals surface area contributed by atoms with Gasteiger partial charge in [-0.3, -0.25) is 9.67 Å². The zero-order valence-corrected chi connectivity index (χ0v) is 12.2. The Hall–Kier alpha value is -2.54. The molecule has 0 aromatic carbocycles. The maximum atomic E-state index is 6.26. The summed E-state index contributed by atoms with van der Waals surface area (Å²) in [6.45, 7) is 0. The molecule has 0 aliphatic heterocycles. The number of hydrogen-bond acceptors (Lipinski definition) is 6. The molecular formula is C15H16N6O. The van der Waals surface area contributed by atoms with Crippen LogP contribution in [0.5, 0.6) is 0 Å². The molecule has 3 aromatic rings. The minimum Gasteiger partial charge on any atom is -0.334 e. The summed E-state index contributed by atoms with van der Waals surface area (Å²) < 4.78 is 7.17. The van der Waals surface area contributed by atoms with Crippen LogP contribution in [0.4, 0.5) is 0 Å². The fraction of sp³-hybridized carbons (Fsp3) is 0.333. The maximum absolute atomic E-state index is 6.26. The van der Waals surface area contributed by atoms with Gasteiger partial charge < -0.3 is 10.3 Å². The fourth-order valence-electron chi connectivity index (χ4n) is 2.68. The molecule has 0 amide bonds. The first-order valence-corrected chi connectivity index (χ1v) is 7.23. The molecule has 22 heavy (non-hydrogen) atoms. The van der Waals surface area contributed by atoms with E-state index in [0.29, 0.717) is 11.7 Å². The van der Waals surface area contributed by atoms with E-state index in [2.05, 4.69) is 20.2 Å². The summed E-state index contributed by atoms with van der Waals surface area (Å²) in [4.78, 5) is 8.53. The highest BCUT2D eigenvalue weighted by Crippen LogP contribution is 2.38. The maximum Gasteiger partial charge on any atom is 0.261 e. The van der Waals surface area contributed by atoms with E-state index in [-0.39, 0.29) is 0 Å². The van der Waals surface area contributed by atoms with Gasteiger partial charge in [-0.05, 0) is 31.4 Å². The van der Waals surface area contributed by atoms with Gasteiger partial charge in [0.05, 0.1) is 11.1 Å². The van der Waals surface area contributed by atoms with Crippen LogP contribution in [0.25, 0.3) is 22.7 Å². The predicted octanol–water partition coefficient (Wildman–Crippen LogP) is 1.87. The summed E-state index contributed by atoms with van der Waals surface area (Å²) in [5.74, 6) is 1.03. The molecule has 0 atom stereocenters. The lowest BCUT2D eigenvalue weighted by molar-refractivity contribution is 0.229. The van der Waals surface area contributed by atoms with E-state index in [1.807, 2.05) is 25.4 Å². The molecule has 0 unspecified atom stereocenters. The van der Waals surface area contributed by atoms with Gasteiger partial charge in [0.2, 0.25) is 0 Å². The molecule has 1 aliphatic carbocycles. The van der Waals surface area contributed by atoms with Gasteiger partial charge in [-0.15, -0.1) is 0 Å². The molecule has 7 heteroatoms. The van der Waals surface area contributed by atoms with Crippen molar-refractivity contribution in [2.45, 2.75) is 24.8 Å². The molecule has 0 radical (unpaired) electrons. The lowest BCUT2D eigenvalue weighted by atomic mass is 9.77. The lowest BCUT2D eigenvalue weighted by Gasteiger charge is -2.34. The molecule has 1 aliphatic rings. The van der Waals surface area contributed by atoms with Gasteiger partial charge in [0.15, 0.2) is 5.82 Å². The zero-order chi connectivity index (χ0) is 15.2. The topological polar surface area (TPSA) is 95.7 Å². The van der Waals surface area contributed by atoms with Crippen LogP contribution in [0.1, 0.15) is 25.1 Å². The van der Waals surface area contributed by atoms with E-state index in [1.54, 1.807) is 17.1 Å². The Bertz CT molecular complexity index is 803. The van der Waals surface area contributed by atoms with Crippen LogP contribution in [0.15, 0.2) is 35.2 Å². The Morgan fingerprint density at radius 1 is 1.27 bits per heavy atom. The Balaban J connectivity index is 1.77. The van der Waals surface area contributed by atoms with E-state index in [0.717, 1.165) is 36.1 Å². The molecule has 1 saturated carbocycles. The zero-order valence-electron chi connectivity index (χ0n) is 12.2. The second-order valence-corrected chi connectivity index (χ2v) is 5.73. The van der Waals surface area contributed by atoms with Crippen LogP contribution < -0.4 is 5.73 Å². The van der Waals surface area contributed by atoms with Crippen molar-refractivity contribution in [3.8, 4) is 22.7 Å². The molecule has 2 N–H and O–H groups in total. The minimum absolute atomic E-state index is 0.430. The van der Waals surface area contributed by atoms with E-state index in [4.69, 9.17) is 10.3 Å². The quantitative estimate of drug-likeness (QED) is 0.792. The molecule has 0 spiro atoms. The summed E-state index contributed by atoms with van der Waals surface area (Å²) in [5, 5.41) is 8.56. The number of pyridine rings is 1. The second kappa shape index (κ2) is 4.74. The molecule has 3 heterocycles. The van der Waals surface area contributed by atoms with Gasteiger partial charge in [-0.1, -0.05) is 5.16 Å². The number of aryl methyl sites for hydroxylation is 1. The molecule has 0 bridgehead atoms. The first-order chi connectivity index (χ1) is 10.7. The molecule has 112 valence electrons.